The summed E-state index contributed by atoms with van der Waals surface area (Å²) in [4.78, 5) is 6.62. The lowest BCUT2D eigenvalue weighted by Gasteiger charge is -2.37. The summed E-state index contributed by atoms with van der Waals surface area (Å²) in [5.74, 6) is 1.60. The first-order chi connectivity index (χ1) is 10.1. The number of nitrogens with zero attached hydrogens (tertiary/aromatic N) is 2. The maximum Gasteiger partial charge on any atom is 0.208 e. The normalized spacial score (nSPS) is 23.4. The van der Waals surface area contributed by atoms with Crippen LogP contribution in [-0.2, 0) is 11.3 Å². The Balaban J connectivity index is 1.72. The molecule has 1 fully saturated rings. The average Bonchev–Trinajstić information content (AvgIpc) is 2.87. The molecule has 2 aromatic rings. The van der Waals surface area contributed by atoms with Crippen LogP contribution in [0.1, 0.15) is 30.2 Å². The molecule has 112 valence electrons. The number of rotatable bonds is 3. The fraction of sp³-hybridized carbons (Fsp3) is 0.438. The van der Waals surface area contributed by atoms with Crippen LogP contribution in [0.4, 0.5) is 0 Å². The highest BCUT2D eigenvalue weighted by atomic mass is 35.5. The first-order valence-electron chi connectivity index (χ1n) is 7.14. The van der Waals surface area contributed by atoms with Crippen molar-refractivity contribution in [1.29, 1.82) is 0 Å². The Bertz CT molecular complexity index is 614. The zero-order valence-corrected chi connectivity index (χ0v) is 13.0. The van der Waals surface area contributed by atoms with Crippen LogP contribution >= 0.6 is 11.6 Å². The monoisotopic (exact) mass is 306 g/mol. The van der Waals surface area contributed by atoms with Gasteiger partial charge in [-0.15, -0.1) is 0 Å². The molecule has 0 N–H and O–H groups in total. The number of oxazole rings is 1. The Morgan fingerprint density at radius 3 is 3.00 bits per heavy atom. The van der Waals surface area contributed by atoms with E-state index in [2.05, 4.69) is 22.9 Å². The molecule has 1 aromatic carbocycles. The molecule has 1 aromatic heterocycles. The fourth-order valence-corrected chi connectivity index (χ4v) is 2.78. The Morgan fingerprint density at radius 1 is 1.43 bits per heavy atom. The minimum Gasteiger partial charge on any atom is -0.445 e. The van der Waals surface area contributed by atoms with E-state index >= 15 is 0 Å². The molecule has 1 aliphatic heterocycles. The molecular formula is C16H19ClN2O2. The van der Waals surface area contributed by atoms with Gasteiger partial charge in [0.25, 0.3) is 0 Å². The van der Waals surface area contributed by atoms with Crippen LogP contribution in [0.5, 0.6) is 0 Å². The molecule has 5 heteroatoms. The molecule has 2 atom stereocenters. The van der Waals surface area contributed by atoms with Crippen LogP contribution in [0, 0.1) is 6.92 Å². The molecule has 0 aliphatic carbocycles. The first kappa shape index (κ1) is 14.6. The van der Waals surface area contributed by atoms with Gasteiger partial charge in [-0.3, -0.25) is 4.90 Å². The predicted octanol–water partition coefficient (Wildman–Crippen LogP) is 3.60. The molecular weight excluding hydrogens is 288 g/mol. The molecule has 1 saturated heterocycles. The molecule has 21 heavy (non-hydrogen) atoms. The zero-order valence-electron chi connectivity index (χ0n) is 12.3. The van der Waals surface area contributed by atoms with Crippen LogP contribution in [0.15, 0.2) is 34.9 Å². The van der Waals surface area contributed by atoms with E-state index in [0.717, 1.165) is 28.8 Å². The summed E-state index contributed by atoms with van der Waals surface area (Å²) in [5, 5.41) is 0.740. The van der Waals surface area contributed by atoms with Gasteiger partial charge in [0.15, 0.2) is 0 Å². The van der Waals surface area contributed by atoms with Crippen molar-refractivity contribution < 1.29 is 9.15 Å². The number of morpholine rings is 1. The summed E-state index contributed by atoms with van der Waals surface area (Å²) in [6.07, 6.45) is 1.80. The predicted molar refractivity (Wildman–Crippen MR) is 81.3 cm³/mol. The second kappa shape index (κ2) is 6.18. The minimum absolute atomic E-state index is 0.0379. The number of ether oxygens (including phenoxy) is 1. The molecule has 0 amide bonds. The third kappa shape index (κ3) is 3.46. The van der Waals surface area contributed by atoms with E-state index in [1.165, 1.54) is 0 Å². The summed E-state index contributed by atoms with van der Waals surface area (Å²) in [5.41, 5.74) is 1.11. The van der Waals surface area contributed by atoms with E-state index in [0.29, 0.717) is 19.2 Å². The molecule has 1 aliphatic rings. The Kier molecular flexibility index (Phi) is 4.29. The number of hydrogen-bond donors (Lipinski definition) is 0. The lowest BCUT2D eigenvalue weighted by molar-refractivity contribution is -0.0656. The first-order valence-corrected chi connectivity index (χ1v) is 7.52. The molecule has 0 bridgehead atoms. The second-order valence-electron chi connectivity index (χ2n) is 5.52. The number of aromatic nitrogens is 1. The van der Waals surface area contributed by atoms with Gasteiger partial charge in [-0.1, -0.05) is 23.7 Å². The Hall–Kier alpha value is -1.36. The zero-order chi connectivity index (χ0) is 14.8. The van der Waals surface area contributed by atoms with Crippen molar-refractivity contribution in [2.24, 2.45) is 0 Å². The molecule has 0 spiro atoms. The summed E-state index contributed by atoms with van der Waals surface area (Å²) >= 11 is 6.07. The maximum atomic E-state index is 6.07. The lowest BCUT2D eigenvalue weighted by atomic mass is 10.1. The maximum absolute atomic E-state index is 6.07. The molecule has 4 nitrogen and oxygen atoms in total. The highest BCUT2D eigenvalue weighted by molar-refractivity contribution is 6.30. The van der Waals surface area contributed by atoms with E-state index in [9.17, 15) is 0 Å². The number of hydrogen-bond acceptors (Lipinski definition) is 4. The van der Waals surface area contributed by atoms with Crippen LogP contribution in [0.3, 0.4) is 0 Å². The molecule has 2 heterocycles. The molecule has 2 unspecified atom stereocenters. The topological polar surface area (TPSA) is 38.5 Å². The van der Waals surface area contributed by atoms with E-state index in [1.807, 2.05) is 25.1 Å². The van der Waals surface area contributed by atoms with E-state index < -0.39 is 0 Å². The van der Waals surface area contributed by atoms with Crippen LogP contribution in [0.2, 0.25) is 5.02 Å². The van der Waals surface area contributed by atoms with Crippen LogP contribution in [0.25, 0.3) is 0 Å². The van der Waals surface area contributed by atoms with Gasteiger partial charge in [-0.25, -0.2) is 4.98 Å². The third-order valence-electron chi connectivity index (χ3n) is 3.79. The molecule has 3 rings (SSSR count). The molecule has 0 radical (unpaired) electrons. The van der Waals surface area contributed by atoms with Gasteiger partial charge in [-0.2, -0.15) is 0 Å². The number of aryl methyl sites for hydroxylation is 1. The highest BCUT2D eigenvalue weighted by Crippen LogP contribution is 2.27. The van der Waals surface area contributed by atoms with Crippen molar-refractivity contribution in [2.75, 3.05) is 13.2 Å². The van der Waals surface area contributed by atoms with Gasteiger partial charge >= 0.3 is 0 Å². The summed E-state index contributed by atoms with van der Waals surface area (Å²) < 4.78 is 11.5. The van der Waals surface area contributed by atoms with Gasteiger partial charge in [-0.05, 0) is 31.5 Å². The van der Waals surface area contributed by atoms with Crippen LogP contribution in [-0.4, -0.2) is 29.1 Å². The second-order valence-corrected chi connectivity index (χ2v) is 5.96. The Morgan fingerprint density at radius 2 is 2.29 bits per heavy atom. The highest BCUT2D eigenvalue weighted by Gasteiger charge is 2.28. The van der Waals surface area contributed by atoms with E-state index in [4.69, 9.17) is 20.8 Å². The number of halogens is 1. The third-order valence-corrected chi connectivity index (χ3v) is 4.03. The SMILES string of the molecule is Cc1cnc(CN2CC(c3cccc(Cl)c3)OCC2C)o1. The van der Waals surface area contributed by atoms with Crippen molar-refractivity contribution in [3.8, 4) is 0 Å². The van der Waals surface area contributed by atoms with Crippen molar-refractivity contribution in [3.05, 3.63) is 52.7 Å². The standard InChI is InChI=1S/C16H19ClN2O2/c1-11-10-20-15(13-4-3-5-14(17)6-13)8-19(11)9-16-18-7-12(2)21-16/h3-7,11,15H,8-10H2,1-2H3. The van der Waals surface area contributed by atoms with Crippen molar-refractivity contribution in [2.45, 2.75) is 32.5 Å². The van der Waals surface area contributed by atoms with Crippen LogP contribution < -0.4 is 0 Å². The average molecular weight is 307 g/mol. The van der Waals surface area contributed by atoms with Gasteiger partial charge < -0.3 is 9.15 Å². The smallest absolute Gasteiger partial charge is 0.208 e. The van der Waals surface area contributed by atoms with Crippen molar-refractivity contribution >= 4 is 11.6 Å². The summed E-state index contributed by atoms with van der Waals surface area (Å²) in [6, 6.07) is 8.20. The van der Waals surface area contributed by atoms with Gasteiger partial charge in [0.05, 0.1) is 25.5 Å². The van der Waals surface area contributed by atoms with Gasteiger partial charge in [0, 0.05) is 17.6 Å². The minimum atomic E-state index is 0.0379. The van der Waals surface area contributed by atoms with E-state index in [-0.39, 0.29) is 6.10 Å². The van der Waals surface area contributed by atoms with Gasteiger partial charge in [0.2, 0.25) is 5.89 Å². The summed E-state index contributed by atoms with van der Waals surface area (Å²) in [6.45, 7) is 6.27. The largest absolute Gasteiger partial charge is 0.445 e. The van der Waals surface area contributed by atoms with E-state index in [1.54, 1.807) is 6.20 Å². The summed E-state index contributed by atoms with van der Waals surface area (Å²) in [7, 11) is 0. The quantitative estimate of drug-likeness (QED) is 0.868. The number of benzene rings is 1. The molecule has 0 saturated carbocycles. The van der Waals surface area contributed by atoms with Crippen molar-refractivity contribution in [1.82, 2.24) is 9.88 Å². The fourth-order valence-electron chi connectivity index (χ4n) is 2.58. The Labute approximate surface area is 129 Å². The lowest BCUT2D eigenvalue weighted by Crippen LogP contribution is -2.44. The van der Waals surface area contributed by atoms with Crippen molar-refractivity contribution in [3.63, 3.8) is 0 Å². The van der Waals surface area contributed by atoms with Gasteiger partial charge in [0.1, 0.15) is 5.76 Å².